The topological polar surface area (TPSA) is 46.2 Å². The molecule has 1 unspecified atom stereocenters. The van der Waals surface area contributed by atoms with Crippen LogP contribution in [0.1, 0.15) is 45.6 Å². The van der Waals surface area contributed by atoms with Gasteiger partial charge in [0.05, 0.1) is 4.90 Å². The molecule has 0 aliphatic rings. The van der Waals surface area contributed by atoms with Crippen LogP contribution in [0.5, 0.6) is 0 Å². The number of nitrogens with one attached hydrogen (secondary N) is 1. The Kier molecular flexibility index (Phi) is 7.12. The van der Waals surface area contributed by atoms with Gasteiger partial charge in [0.1, 0.15) is 0 Å². The molecule has 0 heterocycles. The third kappa shape index (κ3) is 6.02. The minimum atomic E-state index is -3.45. The van der Waals surface area contributed by atoms with E-state index in [4.69, 9.17) is 0 Å². The average Bonchev–Trinajstić information content (AvgIpc) is 2.42. The number of hydrogen-bond donors (Lipinski definition) is 1. The normalized spacial score (nSPS) is 14.0. The van der Waals surface area contributed by atoms with Crippen molar-refractivity contribution in [2.24, 2.45) is 5.92 Å². The molecule has 0 saturated heterocycles. The van der Waals surface area contributed by atoms with E-state index in [0.29, 0.717) is 4.90 Å². The highest BCUT2D eigenvalue weighted by Gasteiger charge is 2.21. The van der Waals surface area contributed by atoms with Gasteiger partial charge in [-0.3, -0.25) is 0 Å². The minimum absolute atomic E-state index is 0.0793. The van der Waals surface area contributed by atoms with Crippen LogP contribution in [-0.2, 0) is 10.0 Å². The Morgan fingerprint density at radius 3 is 2.29 bits per heavy atom. The van der Waals surface area contributed by atoms with Gasteiger partial charge in [-0.05, 0) is 37.8 Å². The lowest BCUT2D eigenvalue weighted by Gasteiger charge is -2.21. The van der Waals surface area contributed by atoms with Crippen molar-refractivity contribution >= 4 is 10.0 Å². The average molecular weight is 309 g/mol. The summed E-state index contributed by atoms with van der Waals surface area (Å²) in [5, 5.41) is 0. The fourth-order valence-corrected chi connectivity index (χ4v) is 3.37. The first-order valence-electron chi connectivity index (χ1n) is 7.60. The summed E-state index contributed by atoms with van der Waals surface area (Å²) in [6.07, 6.45) is 7.07. The van der Waals surface area contributed by atoms with Crippen molar-refractivity contribution < 1.29 is 8.42 Å². The lowest BCUT2D eigenvalue weighted by Crippen LogP contribution is -2.38. The van der Waals surface area contributed by atoms with E-state index in [0.717, 1.165) is 24.8 Å². The number of benzene rings is 1. The second-order valence-corrected chi connectivity index (χ2v) is 7.49. The molecule has 0 aliphatic carbocycles. The van der Waals surface area contributed by atoms with Crippen LogP contribution < -0.4 is 4.72 Å². The van der Waals surface area contributed by atoms with Crippen molar-refractivity contribution in [1.29, 1.82) is 0 Å². The van der Waals surface area contributed by atoms with Gasteiger partial charge in [0.25, 0.3) is 0 Å². The molecule has 3 nitrogen and oxygen atoms in total. The molecule has 0 radical (unpaired) electrons. The second kappa shape index (κ2) is 8.35. The highest BCUT2D eigenvalue weighted by Crippen LogP contribution is 2.15. The molecular weight excluding hydrogens is 282 g/mol. The van der Waals surface area contributed by atoms with Crippen molar-refractivity contribution in [3.05, 3.63) is 42.0 Å². The zero-order chi connectivity index (χ0) is 15.9. The molecule has 1 aromatic rings. The molecule has 0 bridgehead atoms. The Bertz CT molecular complexity index is 545. The van der Waals surface area contributed by atoms with Gasteiger partial charge < -0.3 is 0 Å². The van der Waals surface area contributed by atoms with Gasteiger partial charge in [-0.25, -0.2) is 13.1 Å². The fraction of sp³-hybridized carbons (Fsp3) is 0.529. The summed E-state index contributed by atoms with van der Waals surface area (Å²) in [6, 6.07) is 6.87. The van der Waals surface area contributed by atoms with Gasteiger partial charge in [0, 0.05) is 6.04 Å². The van der Waals surface area contributed by atoms with E-state index in [9.17, 15) is 8.42 Å². The quantitative estimate of drug-likeness (QED) is 0.737. The first kappa shape index (κ1) is 17.9. The van der Waals surface area contributed by atoms with Crippen molar-refractivity contribution in [2.45, 2.75) is 57.9 Å². The van der Waals surface area contributed by atoms with Gasteiger partial charge >= 0.3 is 0 Å². The largest absolute Gasteiger partial charge is 0.240 e. The maximum atomic E-state index is 12.4. The van der Waals surface area contributed by atoms with E-state index in [1.165, 1.54) is 0 Å². The van der Waals surface area contributed by atoms with Crippen LogP contribution in [0.3, 0.4) is 0 Å². The molecule has 4 heteroatoms. The first-order chi connectivity index (χ1) is 9.86. The molecule has 0 fully saturated rings. The summed E-state index contributed by atoms with van der Waals surface area (Å²) in [4.78, 5) is 0.330. The van der Waals surface area contributed by atoms with Crippen LogP contribution in [-0.4, -0.2) is 14.5 Å². The smallest absolute Gasteiger partial charge is 0.208 e. The standard InChI is InChI=1S/C17H27NO2S/c1-5-6-7-8-9-17(14(2)3)18-21(19,20)16-12-10-15(4)11-13-16/h7-8,10-14,17-18H,5-6,9H2,1-4H3/b8-7+. The van der Waals surface area contributed by atoms with Gasteiger partial charge in [0.2, 0.25) is 10.0 Å². The second-order valence-electron chi connectivity index (χ2n) is 5.78. The predicted molar refractivity (Wildman–Crippen MR) is 88.8 cm³/mol. The summed E-state index contributed by atoms with van der Waals surface area (Å²) in [6.45, 7) is 8.15. The molecular formula is C17H27NO2S. The van der Waals surface area contributed by atoms with Crippen LogP contribution >= 0.6 is 0 Å². The number of aryl methyl sites for hydroxylation is 1. The summed E-state index contributed by atoms with van der Waals surface area (Å²) in [5.41, 5.74) is 1.05. The fourth-order valence-electron chi connectivity index (χ4n) is 1.97. The van der Waals surface area contributed by atoms with Crippen molar-refractivity contribution in [2.75, 3.05) is 0 Å². The Labute approximate surface area is 129 Å². The predicted octanol–water partition coefficient (Wildman–Crippen LogP) is 4.04. The molecule has 118 valence electrons. The summed E-state index contributed by atoms with van der Waals surface area (Å²) >= 11 is 0. The Hall–Kier alpha value is -1.13. The van der Waals surface area contributed by atoms with Crippen molar-refractivity contribution in [1.82, 2.24) is 4.72 Å². The van der Waals surface area contributed by atoms with Crippen LogP contribution in [0.15, 0.2) is 41.3 Å². The van der Waals surface area contributed by atoms with Gasteiger partial charge in [-0.15, -0.1) is 0 Å². The molecule has 0 saturated carbocycles. The van der Waals surface area contributed by atoms with Gasteiger partial charge in [-0.1, -0.05) is 57.0 Å². The molecule has 1 rings (SSSR count). The third-order valence-corrected chi connectivity index (χ3v) is 4.96. The molecule has 0 amide bonds. The minimum Gasteiger partial charge on any atom is -0.208 e. The Morgan fingerprint density at radius 2 is 1.76 bits per heavy atom. The number of sulfonamides is 1. The number of allylic oxidation sites excluding steroid dienone is 1. The summed E-state index contributed by atoms with van der Waals surface area (Å²) in [7, 11) is -3.45. The Balaban J connectivity index is 2.79. The molecule has 1 aromatic carbocycles. The van der Waals surface area contributed by atoms with Gasteiger partial charge in [-0.2, -0.15) is 0 Å². The van der Waals surface area contributed by atoms with E-state index in [1.807, 2.05) is 32.9 Å². The summed E-state index contributed by atoms with van der Waals surface area (Å²) in [5.74, 6) is 0.247. The highest BCUT2D eigenvalue weighted by atomic mass is 32.2. The first-order valence-corrected chi connectivity index (χ1v) is 9.09. The zero-order valence-electron chi connectivity index (χ0n) is 13.5. The lowest BCUT2D eigenvalue weighted by molar-refractivity contribution is 0.450. The maximum absolute atomic E-state index is 12.4. The van der Waals surface area contributed by atoms with Crippen LogP contribution in [0, 0.1) is 12.8 Å². The molecule has 0 spiro atoms. The van der Waals surface area contributed by atoms with E-state index in [2.05, 4.69) is 23.8 Å². The third-order valence-electron chi connectivity index (χ3n) is 3.45. The number of rotatable bonds is 8. The van der Waals surface area contributed by atoms with E-state index in [1.54, 1.807) is 12.1 Å². The molecule has 1 atom stereocenters. The zero-order valence-corrected chi connectivity index (χ0v) is 14.3. The molecule has 1 N–H and O–H groups in total. The van der Waals surface area contributed by atoms with E-state index < -0.39 is 10.0 Å². The lowest BCUT2D eigenvalue weighted by atomic mass is 10.0. The van der Waals surface area contributed by atoms with Crippen molar-refractivity contribution in [3.8, 4) is 0 Å². The maximum Gasteiger partial charge on any atom is 0.240 e. The van der Waals surface area contributed by atoms with Crippen LogP contribution in [0.2, 0.25) is 0 Å². The molecule has 0 aliphatic heterocycles. The number of unbranched alkanes of at least 4 members (excludes halogenated alkanes) is 1. The Morgan fingerprint density at radius 1 is 1.14 bits per heavy atom. The van der Waals surface area contributed by atoms with E-state index in [-0.39, 0.29) is 12.0 Å². The number of hydrogen-bond acceptors (Lipinski definition) is 2. The van der Waals surface area contributed by atoms with E-state index >= 15 is 0 Å². The summed E-state index contributed by atoms with van der Waals surface area (Å²) < 4.78 is 27.7. The van der Waals surface area contributed by atoms with Crippen molar-refractivity contribution in [3.63, 3.8) is 0 Å². The van der Waals surface area contributed by atoms with Crippen LogP contribution in [0.4, 0.5) is 0 Å². The SMILES string of the molecule is CCC/C=C/CC(NS(=O)(=O)c1ccc(C)cc1)C(C)C. The molecule has 21 heavy (non-hydrogen) atoms. The highest BCUT2D eigenvalue weighted by molar-refractivity contribution is 7.89. The molecule has 0 aromatic heterocycles. The van der Waals surface area contributed by atoms with Crippen LogP contribution in [0.25, 0.3) is 0 Å². The van der Waals surface area contributed by atoms with Gasteiger partial charge in [0.15, 0.2) is 0 Å². The monoisotopic (exact) mass is 309 g/mol.